The molecule has 5 heteroatoms. The summed E-state index contributed by atoms with van der Waals surface area (Å²) in [5.41, 5.74) is 2.13. The van der Waals surface area contributed by atoms with E-state index in [1.54, 1.807) is 11.3 Å². The maximum absolute atomic E-state index is 5.97. The van der Waals surface area contributed by atoms with Crippen molar-refractivity contribution in [3.63, 3.8) is 0 Å². The third-order valence-corrected chi connectivity index (χ3v) is 3.84. The minimum Gasteiger partial charge on any atom is -1.00 e. The lowest BCUT2D eigenvalue weighted by atomic mass is 10.3. The largest absolute Gasteiger partial charge is 1.00 e. The van der Waals surface area contributed by atoms with Crippen LogP contribution in [0, 0.1) is 0 Å². The normalized spacial score (nSPS) is 10.3. The zero-order valence-electron chi connectivity index (χ0n) is 9.60. The van der Waals surface area contributed by atoms with Crippen molar-refractivity contribution in [3.8, 4) is 10.6 Å². The van der Waals surface area contributed by atoms with Crippen LogP contribution in [0.3, 0.4) is 0 Å². The molecule has 92 valence electrons. The zero-order valence-corrected chi connectivity index (χ0v) is 13.3. The molecule has 0 N–H and O–H groups in total. The molecule has 0 radical (unpaired) electrons. The fourth-order valence-electron chi connectivity index (χ4n) is 1.74. The molecule has 1 aromatic carbocycles. The fraction of sp³-hybridized carbons (Fsp3) is 0.0769. The van der Waals surface area contributed by atoms with E-state index in [9.17, 15) is 0 Å². The van der Waals surface area contributed by atoms with Gasteiger partial charge in [-0.2, -0.15) is 0 Å². The molecule has 0 spiro atoms. The van der Waals surface area contributed by atoms with E-state index >= 15 is 0 Å². The fourth-order valence-corrected chi connectivity index (χ4v) is 2.97. The second-order valence-corrected chi connectivity index (χ2v) is 5.36. The molecule has 0 fully saturated rings. The van der Waals surface area contributed by atoms with Crippen molar-refractivity contribution >= 4 is 33.2 Å². The summed E-state index contributed by atoms with van der Waals surface area (Å²) < 4.78 is 3.15. The van der Waals surface area contributed by atoms with E-state index in [2.05, 4.69) is 17.2 Å². The smallest absolute Gasteiger partial charge is 0.178 e. The zero-order chi connectivity index (χ0) is 11.8. The van der Waals surface area contributed by atoms with Gasteiger partial charge in [0.1, 0.15) is 12.1 Å². The van der Waals surface area contributed by atoms with Crippen molar-refractivity contribution in [1.29, 1.82) is 0 Å². The van der Waals surface area contributed by atoms with Gasteiger partial charge in [0.15, 0.2) is 12.4 Å². The van der Waals surface area contributed by atoms with Crippen molar-refractivity contribution in [3.05, 3.63) is 47.7 Å². The molecule has 0 saturated heterocycles. The standard InChI is InChI=1S/C13H10ClN2S.HI/c1-16-6-2-3-9(8-16)13-15-11-5-4-10(14)7-12(11)17-13;/h2-8H,1H3;1H/q+1;/p-1. The van der Waals surface area contributed by atoms with Gasteiger partial charge in [0.25, 0.3) is 0 Å². The Morgan fingerprint density at radius 3 is 2.89 bits per heavy atom. The molecule has 0 aliphatic heterocycles. The minimum absolute atomic E-state index is 0. The maximum Gasteiger partial charge on any atom is 0.178 e. The highest BCUT2D eigenvalue weighted by Gasteiger charge is 2.08. The summed E-state index contributed by atoms with van der Waals surface area (Å²) in [6, 6.07) is 9.88. The molecule has 0 unspecified atom stereocenters. The Bertz CT molecular complexity index is 696. The van der Waals surface area contributed by atoms with E-state index < -0.39 is 0 Å². The molecule has 2 heterocycles. The van der Waals surface area contributed by atoms with Gasteiger partial charge in [0.05, 0.1) is 15.8 Å². The average molecular weight is 389 g/mol. The molecular weight excluding hydrogens is 379 g/mol. The Morgan fingerprint density at radius 2 is 2.11 bits per heavy atom. The van der Waals surface area contributed by atoms with Crippen LogP contribution in [0.15, 0.2) is 42.7 Å². The minimum atomic E-state index is 0. The monoisotopic (exact) mass is 388 g/mol. The number of pyridine rings is 1. The van der Waals surface area contributed by atoms with Crippen molar-refractivity contribution < 1.29 is 28.5 Å². The van der Waals surface area contributed by atoms with E-state index in [0.29, 0.717) is 0 Å². The topological polar surface area (TPSA) is 16.8 Å². The van der Waals surface area contributed by atoms with E-state index in [-0.39, 0.29) is 24.0 Å². The Morgan fingerprint density at radius 1 is 1.28 bits per heavy atom. The number of rotatable bonds is 1. The SMILES string of the molecule is C[n+]1cccc(-c2nc3ccc(Cl)cc3s2)c1.[I-]. The van der Waals surface area contributed by atoms with Gasteiger partial charge in [-0.05, 0) is 24.3 Å². The molecule has 0 aliphatic rings. The molecule has 0 saturated carbocycles. The summed E-state index contributed by atoms with van der Waals surface area (Å²) in [7, 11) is 2.01. The molecule has 2 aromatic heterocycles. The van der Waals surface area contributed by atoms with Crippen LogP contribution >= 0.6 is 22.9 Å². The molecule has 2 nitrogen and oxygen atoms in total. The number of hydrogen-bond acceptors (Lipinski definition) is 2. The first-order chi connectivity index (χ1) is 8.22. The quantitative estimate of drug-likeness (QED) is 0.437. The Kier molecular flexibility index (Phi) is 4.19. The lowest BCUT2D eigenvalue weighted by molar-refractivity contribution is -0.671. The molecule has 0 amide bonds. The number of aromatic nitrogens is 2. The molecule has 0 bridgehead atoms. The number of thiazole rings is 1. The highest BCUT2D eigenvalue weighted by molar-refractivity contribution is 7.21. The first-order valence-corrected chi connectivity index (χ1v) is 6.43. The number of aryl methyl sites for hydroxylation is 1. The maximum atomic E-state index is 5.97. The predicted molar refractivity (Wildman–Crippen MR) is 71.2 cm³/mol. The van der Waals surface area contributed by atoms with Crippen molar-refractivity contribution in [2.45, 2.75) is 0 Å². The van der Waals surface area contributed by atoms with Crippen molar-refractivity contribution in [2.24, 2.45) is 7.05 Å². The second kappa shape index (κ2) is 5.50. The van der Waals surface area contributed by atoms with Crippen LogP contribution in [0.4, 0.5) is 0 Å². The average Bonchev–Trinajstić information content (AvgIpc) is 2.72. The predicted octanol–water partition coefficient (Wildman–Crippen LogP) is 0.445. The summed E-state index contributed by atoms with van der Waals surface area (Å²) >= 11 is 7.64. The lowest BCUT2D eigenvalue weighted by Crippen LogP contribution is -3.00. The van der Waals surface area contributed by atoms with Gasteiger partial charge < -0.3 is 24.0 Å². The van der Waals surface area contributed by atoms with E-state index in [1.807, 2.05) is 42.1 Å². The number of nitrogens with zero attached hydrogens (tertiary/aromatic N) is 2. The Labute approximate surface area is 131 Å². The van der Waals surface area contributed by atoms with E-state index in [4.69, 9.17) is 11.6 Å². The Balaban J connectivity index is 0.00000120. The van der Waals surface area contributed by atoms with Crippen LogP contribution in [-0.2, 0) is 7.05 Å². The van der Waals surface area contributed by atoms with Gasteiger partial charge in [-0.3, -0.25) is 0 Å². The third-order valence-electron chi connectivity index (χ3n) is 2.54. The highest BCUT2D eigenvalue weighted by Crippen LogP contribution is 2.30. The molecule has 0 aliphatic carbocycles. The summed E-state index contributed by atoms with van der Waals surface area (Å²) in [5.74, 6) is 0. The highest BCUT2D eigenvalue weighted by atomic mass is 127. The number of hydrogen-bond donors (Lipinski definition) is 0. The summed E-state index contributed by atoms with van der Waals surface area (Å²) in [6.45, 7) is 0. The first-order valence-electron chi connectivity index (χ1n) is 5.24. The van der Waals surface area contributed by atoms with E-state index in [0.717, 1.165) is 25.8 Å². The van der Waals surface area contributed by atoms with Gasteiger partial charge in [-0.25, -0.2) is 9.55 Å². The summed E-state index contributed by atoms with van der Waals surface area (Å²) in [4.78, 5) is 4.61. The van der Waals surface area contributed by atoms with Crippen LogP contribution in [0.2, 0.25) is 5.02 Å². The molecule has 18 heavy (non-hydrogen) atoms. The second-order valence-electron chi connectivity index (χ2n) is 3.89. The van der Waals surface area contributed by atoms with Crippen LogP contribution in [0.25, 0.3) is 20.8 Å². The third kappa shape index (κ3) is 2.65. The summed E-state index contributed by atoms with van der Waals surface area (Å²) in [6.07, 6.45) is 4.08. The van der Waals surface area contributed by atoms with Crippen molar-refractivity contribution in [1.82, 2.24) is 4.98 Å². The number of benzene rings is 1. The Hall–Kier alpha value is -0.720. The molecule has 3 rings (SSSR count). The van der Waals surface area contributed by atoms with Crippen LogP contribution in [0.5, 0.6) is 0 Å². The van der Waals surface area contributed by atoms with Gasteiger partial charge in [-0.15, -0.1) is 11.3 Å². The van der Waals surface area contributed by atoms with Gasteiger partial charge in [-0.1, -0.05) is 11.6 Å². The van der Waals surface area contributed by atoms with Gasteiger partial charge in [0.2, 0.25) is 0 Å². The number of halogens is 2. The van der Waals surface area contributed by atoms with Crippen LogP contribution in [0.1, 0.15) is 0 Å². The van der Waals surface area contributed by atoms with Crippen molar-refractivity contribution in [2.75, 3.05) is 0 Å². The summed E-state index contributed by atoms with van der Waals surface area (Å²) in [5, 5.41) is 1.78. The molecular formula is C13H10ClIN2S. The van der Waals surface area contributed by atoms with Gasteiger partial charge in [0, 0.05) is 11.1 Å². The van der Waals surface area contributed by atoms with Crippen LogP contribution in [-0.4, -0.2) is 4.98 Å². The van der Waals surface area contributed by atoms with E-state index in [1.165, 1.54) is 0 Å². The number of fused-ring (bicyclic) bond motifs is 1. The van der Waals surface area contributed by atoms with Gasteiger partial charge >= 0.3 is 0 Å². The molecule has 3 aromatic rings. The lowest BCUT2D eigenvalue weighted by Gasteiger charge is -1.92. The van der Waals surface area contributed by atoms with Crippen LogP contribution < -0.4 is 28.5 Å². The molecule has 0 atom stereocenters. The first kappa shape index (κ1) is 13.7.